The van der Waals surface area contributed by atoms with Crippen LogP contribution < -0.4 is 0 Å². The maximum atomic E-state index is 12.8. The van der Waals surface area contributed by atoms with Gasteiger partial charge < -0.3 is 22.6 Å². The molecule has 5 atom stereocenters. The molecule has 0 aromatic heterocycles. The Labute approximate surface area is 312 Å². The van der Waals surface area contributed by atoms with Crippen LogP contribution in [0.2, 0.25) is 0 Å². The van der Waals surface area contributed by atoms with Crippen LogP contribution in [0.25, 0.3) is 0 Å². The van der Waals surface area contributed by atoms with E-state index in [9.17, 15) is 9.59 Å². The molecule has 0 bridgehead atoms. The molecule has 7 nitrogen and oxygen atoms in total. The van der Waals surface area contributed by atoms with Crippen molar-refractivity contribution < 1.29 is 32.2 Å². The Bertz CT molecular complexity index is 1170. The van der Waals surface area contributed by atoms with Crippen LogP contribution in [0.5, 0.6) is 0 Å². The molecular formula is C38H64B2O7S2. The van der Waals surface area contributed by atoms with E-state index in [4.69, 9.17) is 25.2 Å². The zero-order valence-electron chi connectivity index (χ0n) is 33.8. The third-order valence-corrected chi connectivity index (χ3v) is 10.7. The fourth-order valence-electron chi connectivity index (χ4n) is 6.28. The van der Waals surface area contributed by atoms with E-state index in [-0.39, 0.29) is 24.0 Å². The number of rotatable bonds is 21. The van der Waals surface area contributed by atoms with Crippen molar-refractivity contribution in [1.29, 1.82) is 2.67 Å². The van der Waals surface area contributed by atoms with Crippen LogP contribution in [0, 0.1) is 10.8 Å². The number of carbonyl (C=O) groups excluding carboxylic acids is 2. The van der Waals surface area contributed by atoms with Gasteiger partial charge in [0.2, 0.25) is 14.2 Å². The first-order chi connectivity index (χ1) is 24.1. The minimum Gasteiger partial charge on any atom is -0.455 e. The lowest BCUT2D eigenvalue weighted by Crippen LogP contribution is -2.61. The monoisotopic (exact) mass is 722 g/mol. The van der Waals surface area contributed by atoms with E-state index in [0.29, 0.717) is 32.5 Å². The fraction of sp³-hybridized carbons (Fsp3) is 0.737. The number of hydrogen-bond donors (Lipinski definition) is 0. The van der Waals surface area contributed by atoms with E-state index in [0.717, 1.165) is 81.2 Å². The molecule has 49 heavy (non-hydrogen) atoms. The van der Waals surface area contributed by atoms with Crippen LogP contribution >= 0.6 is 23.8 Å². The fourth-order valence-corrected chi connectivity index (χ4v) is 7.00. The van der Waals surface area contributed by atoms with Crippen LogP contribution in [0.15, 0.2) is 48.6 Å². The molecule has 2 saturated heterocycles. The number of Topliss-reactive ketones (excluding diaryl/α,β-unsaturated/α-hetero) is 1. The number of ketones is 1. The molecule has 0 amide bonds. The van der Waals surface area contributed by atoms with Gasteiger partial charge in [-0.15, -0.1) is 13.2 Å². The first-order valence-corrected chi connectivity index (χ1v) is 19.3. The Kier molecular flexibility index (Phi) is 18.9. The minimum atomic E-state index is -0.941. The summed E-state index contributed by atoms with van der Waals surface area (Å²) < 4.78 is 43.9. The summed E-state index contributed by atoms with van der Waals surface area (Å²) in [5, 5.41) is 0. The summed E-state index contributed by atoms with van der Waals surface area (Å²) in [6.45, 7) is 26.3. The third-order valence-electron chi connectivity index (χ3n) is 10.2. The molecule has 2 radical (unpaired) electrons. The quantitative estimate of drug-likeness (QED) is 0.0288. The van der Waals surface area contributed by atoms with Crippen molar-refractivity contribution in [1.82, 2.24) is 0 Å². The minimum absolute atomic E-state index is 0.0163. The highest BCUT2D eigenvalue weighted by atomic mass is 32.2. The number of esters is 1. The van der Waals surface area contributed by atoms with Gasteiger partial charge in [-0.1, -0.05) is 108 Å². The van der Waals surface area contributed by atoms with E-state index in [2.05, 4.69) is 40.0 Å². The Morgan fingerprint density at radius 3 is 2.04 bits per heavy atom. The van der Waals surface area contributed by atoms with Gasteiger partial charge in [-0.05, 0) is 67.2 Å². The summed E-state index contributed by atoms with van der Waals surface area (Å²) in [4.78, 5) is 25.5. The number of ether oxygens (including phenoxy) is 3. The maximum Gasteiger partial charge on any atom is 0.306 e. The van der Waals surface area contributed by atoms with Crippen LogP contribution in [-0.2, 0) is 32.2 Å². The standard InChI is InChI=1S/C23H40BO4S.C15H24BO3S/c1-7-10-11-12-13-15-20(25)27-21-18(9-3)16-19(14-8-2)28-23(21,6)22(4,5)17-26-29-24;1-6-8-12-9-11(7-2)13(17)15(5,19-12)14(3,4)10-18-20-16/h8-9,19,21,24H,2,7,10-17H2,1,3-6H3;6-7,12,16H,1,8-10H2,2-5H3/b18-9+;11-7+/t19-,21+,23-;12-,15-/m11/s1/i24T;16T. The molecule has 2 heterocycles. The van der Waals surface area contributed by atoms with Crippen molar-refractivity contribution in [3.63, 3.8) is 0 Å². The predicted molar refractivity (Wildman–Crippen MR) is 210 cm³/mol. The number of carbonyl (C=O) groups is 2. The van der Waals surface area contributed by atoms with Crippen molar-refractivity contribution in [2.45, 2.75) is 156 Å². The second-order valence-corrected chi connectivity index (χ2v) is 15.5. The molecule has 2 aliphatic rings. The summed E-state index contributed by atoms with van der Waals surface area (Å²) in [6.07, 6.45) is 15.8. The number of unbranched alkanes of at least 4 members (excludes halogenated alkanes) is 4. The highest BCUT2D eigenvalue weighted by molar-refractivity contribution is 8.16. The molecule has 0 unspecified atom stereocenters. The normalized spacial score (nSPS) is 28.2. The Hall–Kier alpha value is -1.23. The second-order valence-electron chi connectivity index (χ2n) is 14.6. The average molecular weight is 723 g/mol. The van der Waals surface area contributed by atoms with Crippen LogP contribution in [0.3, 0.4) is 0 Å². The lowest BCUT2D eigenvalue weighted by Gasteiger charge is -2.53. The topological polar surface area (TPSA) is 80.3 Å². The van der Waals surface area contributed by atoms with Gasteiger partial charge in [0.25, 0.3) is 0 Å². The number of allylic oxidation sites excluding steroid dienone is 2. The molecule has 2 aliphatic heterocycles. The second kappa shape index (κ2) is 22.0. The third kappa shape index (κ3) is 12.7. The summed E-state index contributed by atoms with van der Waals surface area (Å²) >= 11 is 1.96. The Morgan fingerprint density at radius 1 is 0.939 bits per heavy atom. The van der Waals surface area contributed by atoms with Gasteiger partial charge >= 0.3 is 5.97 Å². The van der Waals surface area contributed by atoms with Crippen LogP contribution in [0.1, 0.15) is 127 Å². The molecule has 2 rings (SSSR count). The molecule has 0 saturated carbocycles. The van der Waals surface area contributed by atoms with E-state index in [1.165, 1.54) is 12.8 Å². The van der Waals surface area contributed by atoms with E-state index >= 15 is 0 Å². The summed E-state index contributed by atoms with van der Waals surface area (Å²) in [7, 11) is 2.29. The molecule has 276 valence electrons. The molecule has 0 N–H and O–H groups in total. The molecule has 2 fully saturated rings. The van der Waals surface area contributed by atoms with Gasteiger partial charge in [0.05, 0.1) is 25.4 Å². The highest BCUT2D eigenvalue weighted by Crippen LogP contribution is 2.47. The van der Waals surface area contributed by atoms with Gasteiger partial charge in [-0.25, -0.2) is 0 Å². The zero-order chi connectivity index (χ0) is 38.7. The van der Waals surface area contributed by atoms with Crippen molar-refractivity contribution in [2.24, 2.45) is 10.8 Å². The van der Waals surface area contributed by atoms with Crippen molar-refractivity contribution in [3.8, 4) is 0 Å². The van der Waals surface area contributed by atoms with E-state index in [1.54, 1.807) is 0 Å². The SMILES string of the molecule is [3H][B]SOCC(C)(C)[C@]1(C)O[C@H](CC=C)C/C(=C\C)C1=O.[3H][B]SOCC(C)(C)[C@]1(C)O[C@H](CC=C)C/C(=C\C)[C@@H]1OC(=O)CCCCCCC. The van der Waals surface area contributed by atoms with Crippen molar-refractivity contribution in [3.05, 3.63) is 48.6 Å². The Balaban J connectivity index is 0.000000543. The molecular weight excluding hydrogens is 654 g/mol. The van der Waals surface area contributed by atoms with Gasteiger partial charge in [-0.3, -0.25) is 9.59 Å². The highest BCUT2D eigenvalue weighted by Gasteiger charge is 2.55. The maximum absolute atomic E-state index is 12.8. The first-order valence-electron chi connectivity index (χ1n) is 18.8. The summed E-state index contributed by atoms with van der Waals surface area (Å²) in [5.41, 5.74) is -0.770. The average Bonchev–Trinajstić information content (AvgIpc) is 3.07. The summed E-state index contributed by atoms with van der Waals surface area (Å²) in [5.74, 6) is -0.141. The van der Waals surface area contributed by atoms with Crippen LogP contribution in [0.4, 0.5) is 0 Å². The largest absolute Gasteiger partial charge is 0.455 e. The van der Waals surface area contributed by atoms with E-state index < -0.39 is 28.1 Å². The first kappa shape index (κ1) is 42.2. The predicted octanol–water partition coefficient (Wildman–Crippen LogP) is 8.97. The lowest BCUT2D eigenvalue weighted by molar-refractivity contribution is -0.226. The number of hydrogen-bond acceptors (Lipinski definition) is 9. The molecule has 0 aromatic rings. The van der Waals surface area contributed by atoms with Crippen molar-refractivity contribution >= 4 is 49.7 Å². The van der Waals surface area contributed by atoms with Gasteiger partial charge in [-0.2, -0.15) is 0 Å². The molecule has 0 aliphatic carbocycles. The van der Waals surface area contributed by atoms with Gasteiger partial charge in [0, 0.05) is 23.7 Å². The smallest absolute Gasteiger partial charge is 0.306 e. The van der Waals surface area contributed by atoms with Crippen LogP contribution in [-0.4, -0.2) is 71.3 Å². The molecule has 0 aromatic carbocycles. The molecule has 11 heteroatoms. The zero-order valence-corrected chi connectivity index (χ0v) is 33.4. The summed E-state index contributed by atoms with van der Waals surface area (Å²) in [6, 6.07) is 0. The van der Waals surface area contributed by atoms with Crippen molar-refractivity contribution in [2.75, 3.05) is 13.2 Å². The lowest BCUT2D eigenvalue weighted by atomic mass is 9.68. The van der Waals surface area contributed by atoms with Gasteiger partial charge in [0.1, 0.15) is 11.2 Å². The van der Waals surface area contributed by atoms with E-state index in [1.807, 2.05) is 59.8 Å². The van der Waals surface area contributed by atoms with Gasteiger partial charge in [0.15, 0.2) is 11.9 Å². The molecule has 0 spiro atoms. The Morgan fingerprint density at radius 2 is 1.51 bits per heavy atom.